The molecule has 3 rings (SSSR count). The highest BCUT2D eigenvalue weighted by atomic mass is 16.6. The Balaban J connectivity index is 2.38. The molecule has 108 valence electrons. The van der Waals surface area contributed by atoms with E-state index in [0.29, 0.717) is 16.6 Å². The molecule has 1 aliphatic carbocycles. The van der Waals surface area contributed by atoms with Gasteiger partial charge in [0.05, 0.1) is 16.0 Å². The van der Waals surface area contributed by atoms with Crippen LogP contribution in [0.1, 0.15) is 11.1 Å². The standard InChI is InChI=1S/C12H10N4O5/c13-10(17)4-1-5-6(2-4)9-7(3-8(5)16(20)21)14-11(18)12(19)15-9/h3-4H,1-2H2,(H2,13,17)(H,14,18)(H,15,19). The molecule has 9 heteroatoms. The van der Waals surface area contributed by atoms with E-state index in [9.17, 15) is 24.5 Å². The van der Waals surface area contributed by atoms with Crippen LogP contribution in [0.4, 0.5) is 5.69 Å². The molecule has 0 saturated heterocycles. The molecule has 0 fully saturated rings. The monoisotopic (exact) mass is 290 g/mol. The lowest BCUT2D eigenvalue weighted by atomic mass is 10.1. The molecule has 1 aromatic heterocycles. The second kappa shape index (κ2) is 4.27. The van der Waals surface area contributed by atoms with Gasteiger partial charge in [0.2, 0.25) is 5.91 Å². The number of rotatable bonds is 2. The molecule has 0 bridgehead atoms. The fraction of sp³-hybridized carbons (Fsp3) is 0.250. The minimum Gasteiger partial charge on any atom is -0.369 e. The molecule has 0 spiro atoms. The van der Waals surface area contributed by atoms with Crippen LogP contribution in [0.2, 0.25) is 0 Å². The summed E-state index contributed by atoms with van der Waals surface area (Å²) in [5, 5.41) is 11.2. The van der Waals surface area contributed by atoms with Crippen molar-refractivity contribution in [2.45, 2.75) is 12.8 Å². The molecular formula is C12H10N4O5. The smallest absolute Gasteiger partial charge is 0.314 e. The Morgan fingerprint density at radius 1 is 1.24 bits per heavy atom. The van der Waals surface area contributed by atoms with Gasteiger partial charge in [-0.1, -0.05) is 0 Å². The van der Waals surface area contributed by atoms with Crippen molar-refractivity contribution in [2.75, 3.05) is 0 Å². The Hall–Kier alpha value is -2.97. The predicted octanol–water partition coefficient (Wildman–Crippen LogP) is -0.675. The molecule has 1 aromatic carbocycles. The summed E-state index contributed by atoms with van der Waals surface area (Å²) in [5.74, 6) is -1.11. The zero-order valence-electron chi connectivity index (χ0n) is 10.6. The van der Waals surface area contributed by atoms with Crippen molar-refractivity contribution in [3.63, 3.8) is 0 Å². The average molecular weight is 290 g/mol. The number of nitrogens with two attached hydrogens (primary N) is 1. The molecule has 21 heavy (non-hydrogen) atoms. The number of H-pyrrole nitrogens is 2. The highest BCUT2D eigenvalue weighted by Gasteiger charge is 2.33. The van der Waals surface area contributed by atoms with Crippen LogP contribution in [0, 0.1) is 16.0 Å². The van der Waals surface area contributed by atoms with Crippen LogP contribution in [0.15, 0.2) is 15.7 Å². The lowest BCUT2D eigenvalue weighted by Gasteiger charge is -2.05. The molecular weight excluding hydrogens is 280 g/mol. The molecule has 1 atom stereocenters. The lowest BCUT2D eigenvalue weighted by Crippen LogP contribution is -2.29. The average Bonchev–Trinajstić information content (AvgIpc) is 2.84. The first-order chi connectivity index (χ1) is 9.88. The van der Waals surface area contributed by atoms with Gasteiger partial charge < -0.3 is 15.7 Å². The Morgan fingerprint density at radius 3 is 2.48 bits per heavy atom. The minimum absolute atomic E-state index is 0.151. The molecule has 4 N–H and O–H groups in total. The van der Waals surface area contributed by atoms with Crippen LogP contribution in [0.5, 0.6) is 0 Å². The Labute approximate surface area is 115 Å². The van der Waals surface area contributed by atoms with E-state index in [2.05, 4.69) is 9.97 Å². The topological polar surface area (TPSA) is 152 Å². The fourth-order valence-corrected chi connectivity index (χ4v) is 2.74. The highest BCUT2D eigenvalue weighted by molar-refractivity contribution is 5.87. The van der Waals surface area contributed by atoms with Gasteiger partial charge in [-0.3, -0.25) is 24.5 Å². The van der Waals surface area contributed by atoms with Gasteiger partial charge in [-0.25, -0.2) is 0 Å². The van der Waals surface area contributed by atoms with Crippen LogP contribution in [-0.2, 0) is 17.6 Å². The number of nitro groups is 1. The normalized spacial score (nSPS) is 16.9. The van der Waals surface area contributed by atoms with Crippen molar-refractivity contribution in [1.82, 2.24) is 9.97 Å². The number of fused-ring (bicyclic) bond motifs is 3. The summed E-state index contributed by atoms with van der Waals surface area (Å²) in [7, 11) is 0. The number of aromatic nitrogens is 2. The van der Waals surface area contributed by atoms with Crippen molar-refractivity contribution < 1.29 is 9.72 Å². The Morgan fingerprint density at radius 2 is 1.86 bits per heavy atom. The van der Waals surface area contributed by atoms with E-state index in [1.807, 2.05) is 0 Å². The van der Waals surface area contributed by atoms with Crippen molar-refractivity contribution >= 4 is 22.6 Å². The first-order valence-electron chi connectivity index (χ1n) is 6.13. The van der Waals surface area contributed by atoms with Gasteiger partial charge in [0.25, 0.3) is 5.69 Å². The van der Waals surface area contributed by atoms with Crippen molar-refractivity contribution in [1.29, 1.82) is 0 Å². The number of nitro benzene ring substituents is 1. The van der Waals surface area contributed by atoms with Crippen LogP contribution in [0.25, 0.3) is 11.0 Å². The highest BCUT2D eigenvalue weighted by Crippen LogP contribution is 2.37. The number of nitrogens with one attached hydrogen (secondary N) is 2. The fourth-order valence-electron chi connectivity index (χ4n) is 2.74. The number of benzene rings is 1. The van der Waals surface area contributed by atoms with Crippen molar-refractivity contribution in [3.8, 4) is 0 Å². The number of carbonyl (C=O) groups excluding carboxylic acids is 1. The van der Waals surface area contributed by atoms with Gasteiger partial charge in [-0.2, -0.15) is 0 Å². The number of nitrogens with zero attached hydrogens (tertiary/aromatic N) is 1. The van der Waals surface area contributed by atoms with E-state index in [-0.39, 0.29) is 24.0 Å². The summed E-state index contributed by atoms with van der Waals surface area (Å²) in [6.45, 7) is 0. The molecule has 2 aromatic rings. The second-order valence-corrected chi connectivity index (χ2v) is 4.95. The Kier molecular flexibility index (Phi) is 2.65. The summed E-state index contributed by atoms with van der Waals surface area (Å²) < 4.78 is 0. The van der Waals surface area contributed by atoms with E-state index in [0.717, 1.165) is 0 Å². The number of hydrogen-bond acceptors (Lipinski definition) is 5. The van der Waals surface area contributed by atoms with Gasteiger partial charge >= 0.3 is 11.1 Å². The first-order valence-corrected chi connectivity index (χ1v) is 6.13. The predicted molar refractivity (Wildman–Crippen MR) is 71.9 cm³/mol. The molecule has 9 nitrogen and oxygen atoms in total. The van der Waals surface area contributed by atoms with E-state index < -0.39 is 27.9 Å². The van der Waals surface area contributed by atoms with Gasteiger partial charge in [0.15, 0.2) is 0 Å². The van der Waals surface area contributed by atoms with E-state index in [1.54, 1.807) is 0 Å². The maximum atomic E-state index is 11.4. The number of carbonyl (C=O) groups is 1. The number of hydrogen-bond donors (Lipinski definition) is 3. The van der Waals surface area contributed by atoms with Gasteiger partial charge in [-0.05, 0) is 18.4 Å². The van der Waals surface area contributed by atoms with Gasteiger partial charge in [-0.15, -0.1) is 0 Å². The van der Waals surface area contributed by atoms with Crippen LogP contribution >= 0.6 is 0 Å². The van der Waals surface area contributed by atoms with E-state index in [1.165, 1.54) is 6.07 Å². The van der Waals surface area contributed by atoms with Crippen molar-refractivity contribution in [2.24, 2.45) is 11.7 Å². The minimum atomic E-state index is -0.888. The zero-order valence-corrected chi connectivity index (χ0v) is 10.6. The molecule has 1 amide bonds. The quantitative estimate of drug-likeness (QED) is 0.380. The van der Waals surface area contributed by atoms with Crippen LogP contribution < -0.4 is 16.9 Å². The summed E-state index contributed by atoms with van der Waals surface area (Å²) in [5.41, 5.74) is 4.67. The summed E-state index contributed by atoms with van der Waals surface area (Å²) in [6.07, 6.45) is 0.350. The Bertz CT molecular complexity index is 910. The molecule has 0 saturated carbocycles. The largest absolute Gasteiger partial charge is 0.369 e. The van der Waals surface area contributed by atoms with E-state index >= 15 is 0 Å². The molecule has 1 unspecified atom stereocenters. The number of aromatic amines is 2. The molecule has 1 heterocycles. The van der Waals surface area contributed by atoms with Crippen molar-refractivity contribution in [3.05, 3.63) is 48.0 Å². The van der Waals surface area contributed by atoms with Crippen LogP contribution in [-0.4, -0.2) is 20.8 Å². The van der Waals surface area contributed by atoms with Gasteiger partial charge in [0, 0.05) is 17.5 Å². The SMILES string of the molecule is NC(=O)C1Cc2c([N+](=O)[O-])cc3[nH]c(=O)c(=O)[nH]c3c2C1. The zero-order chi connectivity index (χ0) is 15.3. The number of primary amides is 1. The molecule has 1 aliphatic rings. The molecule has 0 radical (unpaired) electrons. The number of amides is 1. The summed E-state index contributed by atoms with van der Waals surface area (Å²) in [6, 6.07) is 1.19. The molecule has 0 aliphatic heterocycles. The van der Waals surface area contributed by atoms with Crippen LogP contribution in [0.3, 0.4) is 0 Å². The summed E-state index contributed by atoms with van der Waals surface area (Å²) >= 11 is 0. The second-order valence-electron chi connectivity index (χ2n) is 4.95. The maximum absolute atomic E-state index is 11.4. The third-order valence-electron chi connectivity index (χ3n) is 3.72. The third kappa shape index (κ3) is 1.90. The van der Waals surface area contributed by atoms with Gasteiger partial charge in [0.1, 0.15) is 0 Å². The maximum Gasteiger partial charge on any atom is 0.314 e. The summed E-state index contributed by atoms with van der Waals surface area (Å²) in [4.78, 5) is 49.4. The van der Waals surface area contributed by atoms with E-state index in [4.69, 9.17) is 5.73 Å². The lowest BCUT2D eigenvalue weighted by molar-refractivity contribution is -0.385. The third-order valence-corrected chi connectivity index (χ3v) is 3.72. The first kappa shape index (κ1) is 13.0.